The maximum Gasteiger partial charge on any atom is 0.225 e. The van der Waals surface area contributed by atoms with Crippen molar-refractivity contribution < 1.29 is 13.2 Å². The van der Waals surface area contributed by atoms with Crippen molar-refractivity contribution in [2.75, 3.05) is 37.3 Å². The number of para-hydroxylation sites is 1. The molecule has 1 aromatic carbocycles. The maximum absolute atomic E-state index is 12.2. The Morgan fingerprint density at radius 2 is 2.05 bits per heavy atom. The van der Waals surface area contributed by atoms with Crippen LogP contribution >= 0.6 is 0 Å². The van der Waals surface area contributed by atoms with Crippen LogP contribution < -0.4 is 14.9 Å². The minimum atomic E-state index is -3.20. The second kappa shape index (κ2) is 7.11. The van der Waals surface area contributed by atoms with Crippen molar-refractivity contribution in [3.8, 4) is 0 Å². The summed E-state index contributed by atoms with van der Waals surface area (Å²) < 4.78 is 25.0. The fraction of sp³-hybridized carbons (Fsp3) is 0.533. The van der Waals surface area contributed by atoms with Gasteiger partial charge in [-0.3, -0.25) is 4.79 Å². The molecule has 1 atom stereocenters. The topological polar surface area (TPSA) is 78.5 Å². The number of sulfonamides is 1. The molecular formula is C15H23N3O3S. The van der Waals surface area contributed by atoms with Crippen molar-refractivity contribution in [1.82, 2.24) is 10.0 Å². The van der Waals surface area contributed by atoms with Crippen LogP contribution in [-0.2, 0) is 21.2 Å². The Hall–Kier alpha value is -1.60. The van der Waals surface area contributed by atoms with Gasteiger partial charge in [0, 0.05) is 32.4 Å². The Labute approximate surface area is 131 Å². The third-order valence-corrected chi connectivity index (χ3v) is 5.26. The van der Waals surface area contributed by atoms with E-state index in [4.69, 9.17) is 0 Å². The SMILES string of the molecule is CCS(=O)(=O)NCCNC(=O)[C@@H]1Cc2ccccc2N(C)C1. The highest BCUT2D eigenvalue weighted by Gasteiger charge is 2.26. The summed E-state index contributed by atoms with van der Waals surface area (Å²) in [6, 6.07) is 8.08. The first-order valence-corrected chi connectivity index (χ1v) is 9.12. The van der Waals surface area contributed by atoms with Gasteiger partial charge in [0.05, 0.1) is 11.7 Å². The number of nitrogens with one attached hydrogen (secondary N) is 2. The second-order valence-electron chi connectivity index (χ2n) is 5.50. The molecule has 0 fully saturated rings. The molecule has 1 aliphatic heterocycles. The summed E-state index contributed by atoms with van der Waals surface area (Å²) in [6.07, 6.45) is 0.715. The fourth-order valence-corrected chi connectivity index (χ4v) is 3.25. The summed E-state index contributed by atoms with van der Waals surface area (Å²) in [4.78, 5) is 14.3. The zero-order valence-electron chi connectivity index (χ0n) is 13.0. The molecule has 1 amide bonds. The van der Waals surface area contributed by atoms with E-state index in [2.05, 4.69) is 21.0 Å². The van der Waals surface area contributed by atoms with E-state index in [-0.39, 0.29) is 24.1 Å². The summed E-state index contributed by atoms with van der Waals surface area (Å²) in [5.41, 5.74) is 2.34. The summed E-state index contributed by atoms with van der Waals surface area (Å²) >= 11 is 0. The van der Waals surface area contributed by atoms with Crippen molar-refractivity contribution >= 4 is 21.6 Å². The van der Waals surface area contributed by atoms with Crippen LogP contribution in [0, 0.1) is 5.92 Å². The van der Waals surface area contributed by atoms with Crippen molar-refractivity contribution in [1.29, 1.82) is 0 Å². The average Bonchev–Trinajstić information content (AvgIpc) is 2.51. The zero-order chi connectivity index (χ0) is 16.2. The average molecular weight is 325 g/mol. The van der Waals surface area contributed by atoms with Gasteiger partial charge in [-0.25, -0.2) is 13.1 Å². The van der Waals surface area contributed by atoms with Crippen LogP contribution in [-0.4, -0.2) is 46.8 Å². The maximum atomic E-state index is 12.2. The lowest BCUT2D eigenvalue weighted by molar-refractivity contribution is -0.124. The van der Waals surface area contributed by atoms with E-state index in [1.54, 1.807) is 6.92 Å². The Morgan fingerprint density at radius 1 is 1.32 bits per heavy atom. The van der Waals surface area contributed by atoms with Gasteiger partial charge in [0.1, 0.15) is 0 Å². The molecule has 0 aromatic heterocycles. The first kappa shape index (κ1) is 16.8. The predicted octanol–water partition coefficient (Wildman–Crippen LogP) is 0.351. The highest BCUT2D eigenvalue weighted by Crippen LogP contribution is 2.28. The second-order valence-corrected chi connectivity index (χ2v) is 7.59. The highest BCUT2D eigenvalue weighted by molar-refractivity contribution is 7.89. The number of rotatable bonds is 6. The molecular weight excluding hydrogens is 302 g/mol. The van der Waals surface area contributed by atoms with Gasteiger partial charge in [0.2, 0.25) is 15.9 Å². The lowest BCUT2D eigenvalue weighted by Gasteiger charge is -2.32. The first-order valence-electron chi connectivity index (χ1n) is 7.47. The van der Waals surface area contributed by atoms with Crippen LogP contribution in [0.1, 0.15) is 12.5 Å². The third-order valence-electron chi connectivity index (χ3n) is 3.86. The molecule has 1 heterocycles. The van der Waals surface area contributed by atoms with Crippen LogP contribution in [0.3, 0.4) is 0 Å². The molecule has 0 saturated heterocycles. The number of nitrogens with zero attached hydrogens (tertiary/aromatic N) is 1. The van der Waals surface area contributed by atoms with Crippen LogP contribution in [0.2, 0.25) is 0 Å². The van der Waals surface area contributed by atoms with E-state index >= 15 is 0 Å². The van der Waals surface area contributed by atoms with Gasteiger partial charge in [0.15, 0.2) is 0 Å². The smallest absolute Gasteiger partial charge is 0.225 e. The molecule has 122 valence electrons. The summed E-state index contributed by atoms with van der Waals surface area (Å²) in [5, 5.41) is 2.81. The molecule has 2 N–H and O–H groups in total. The van der Waals surface area contributed by atoms with Crippen molar-refractivity contribution in [3.05, 3.63) is 29.8 Å². The molecule has 1 aliphatic rings. The molecule has 22 heavy (non-hydrogen) atoms. The van der Waals surface area contributed by atoms with E-state index in [9.17, 15) is 13.2 Å². The van der Waals surface area contributed by atoms with Gasteiger partial charge in [-0.05, 0) is 25.0 Å². The third kappa shape index (κ3) is 4.20. The molecule has 0 radical (unpaired) electrons. The van der Waals surface area contributed by atoms with Gasteiger partial charge in [0.25, 0.3) is 0 Å². The molecule has 1 aromatic rings. The lowest BCUT2D eigenvalue weighted by Crippen LogP contribution is -2.44. The van der Waals surface area contributed by atoms with E-state index in [1.807, 2.05) is 25.2 Å². The van der Waals surface area contributed by atoms with Crippen LogP contribution in [0.4, 0.5) is 5.69 Å². The molecule has 0 aliphatic carbocycles. The van der Waals surface area contributed by atoms with E-state index < -0.39 is 10.0 Å². The minimum absolute atomic E-state index is 0.0305. The highest BCUT2D eigenvalue weighted by atomic mass is 32.2. The number of hydrogen-bond acceptors (Lipinski definition) is 4. The molecule has 0 unspecified atom stereocenters. The fourth-order valence-electron chi connectivity index (χ4n) is 2.63. The Bertz CT molecular complexity index is 631. The van der Waals surface area contributed by atoms with Crippen LogP contribution in [0.15, 0.2) is 24.3 Å². The number of benzene rings is 1. The molecule has 0 saturated carbocycles. The number of hydrogen-bond donors (Lipinski definition) is 2. The van der Waals surface area contributed by atoms with Crippen LogP contribution in [0.5, 0.6) is 0 Å². The lowest BCUT2D eigenvalue weighted by atomic mass is 9.92. The van der Waals surface area contributed by atoms with Gasteiger partial charge >= 0.3 is 0 Å². The van der Waals surface area contributed by atoms with Gasteiger partial charge < -0.3 is 10.2 Å². The van der Waals surface area contributed by atoms with Gasteiger partial charge in [-0.15, -0.1) is 0 Å². The van der Waals surface area contributed by atoms with Crippen molar-refractivity contribution in [3.63, 3.8) is 0 Å². The van der Waals surface area contributed by atoms with E-state index in [0.29, 0.717) is 19.5 Å². The van der Waals surface area contributed by atoms with Gasteiger partial charge in [-0.2, -0.15) is 0 Å². The number of fused-ring (bicyclic) bond motifs is 1. The molecule has 2 rings (SSSR count). The molecule has 0 spiro atoms. The zero-order valence-corrected chi connectivity index (χ0v) is 13.8. The Morgan fingerprint density at radius 3 is 2.77 bits per heavy atom. The van der Waals surface area contributed by atoms with Crippen molar-refractivity contribution in [2.24, 2.45) is 5.92 Å². The van der Waals surface area contributed by atoms with Crippen molar-refractivity contribution in [2.45, 2.75) is 13.3 Å². The summed E-state index contributed by atoms with van der Waals surface area (Å²) in [6.45, 7) is 2.78. The minimum Gasteiger partial charge on any atom is -0.374 e. The first-order chi connectivity index (χ1) is 10.4. The monoisotopic (exact) mass is 325 g/mol. The van der Waals surface area contributed by atoms with E-state index in [1.165, 1.54) is 11.3 Å². The number of amides is 1. The summed E-state index contributed by atoms with van der Waals surface area (Å²) in [7, 11) is -1.22. The quantitative estimate of drug-likeness (QED) is 0.740. The molecule has 6 nitrogen and oxygen atoms in total. The normalized spacial score (nSPS) is 17.9. The number of carbonyl (C=O) groups is 1. The predicted molar refractivity (Wildman–Crippen MR) is 87.4 cm³/mol. The summed E-state index contributed by atoms with van der Waals surface area (Å²) in [5.74, 6) is -0.0924. The number of carbonyl (C=O) groups excluding carboxylic acids is 1. The number of anilines is 1. The Kier molecular flexibility index (Phi) is 5.42. The van der Waals surface area contributed by atoms with Crippen LogP contribution in [0.25, 0.3) is 0 Å². The molecule has 7 heteroatoms. The molecule has 0 bridgehead atoms. The standard InChI is InChI=1S/C15H23N3O3S/c1-3-22(20,21)17-9-8-16-15(19)13-10-12-6-4-5-7-14(12)18(2)11-13/h4-7,13,17H,3,8-11H2,1-2H3,(H,16,19)/t13-/m1/s1. The van der Waals surface area contributed by atoms with Gasteiger partial charge in [-0.1, -0.05) is 18.2 Å². The Balaban J connectivity index is 1.84. The van der Waals surface area contributed by atoms with E-state index in [0.717, 1.165) is 0 Å². The largest absolute Gasteiger partial charge is 0.374 e.